The minimum atomic E-state index is 0.701. The Morgan fingerprint density at radius 2 is 1.85 bits per heavy atom. The largest absolute Gasteiger partial charge is 0.316 e. The molecular formula is C11H22N2. The van der Waals surface area contributed by atoms with E-state index in [1.807, 2.05) is 0 Å². The zero-order valence-electron chi connectivity index (χ0n) is 8.97. The van der Waals surface area contributed by atoms with E-state index in [4.69, 9.17) is 0 Å². The van der Waals surface area contributed by atoms with Crippen LogP contribution in [0.1, 0.15) is 32.1 Å². The normalized spacial score (nSPS) is 40.4. The summed E-state index contributed by atoms with van der Waals surface area (Å²) in [5.41, 5.74) is 0.701. The molecule has 1 N–H and O–H groups in total. The Balaban J connectivity index is 1.88. The Morgan fingerprint density at radius 1 is 1.15 bits per heavy atom. The standard InChI is InChI=1S/C11H22N2/c1-13(2)10-3-5-11(6-4-10)7-8-12-9-11/h10,12H,3-9H2,1-2H3. The summed E-state index contributed by atoms with van der Waals surface area (Å²) >= 11 is 0. The van der Waals surface area contributed by atoms with Crippen molar-refractivity contribution in [2.45, 2.75) is 38.1 Å². The van der Waals surface area contributed by atoms with E-state index < -0.39 is 0 Å². The van der Waals surface area contributed by atoms with E-state index in [9.17, 15) is 0 Å². The number of nitrogens with one attached hydrogen (secondary N) is 1. The predicted octanol–water partition coefficient (Wildman–Crippen LogP) is 1.47. The highest BCUT2D eigenvalue weighted by molar-refractivity contribution is 4.93. The number of hydrogen-bond donors (Lipinski definition) is 1. The van der Waals surface area contributed by atoms with E-state index in [0.29, 0.717) is 5.41 Å². The minimum Gasteiger partial charge on any atom is -0.316 e. The first kappa shape index (κ1) is 9.47. The van der Waals surface area contributed by atoms with Gasteiger partial charge in [-0.05, 0) is 58.2 Å². The van der Waals surface area contributed by atoms with E-state index in [-0.39, 0.29) is 0 Å². The summed E-state index contributed by atoms with van der Waals surface area (Å²) in [5.74, 6) is 0. The first-order valence-corrected chi connectivity index (χ1v) is 5.59. The molecule has 0 bridgehead atoms. The zero-order valence-corrected chi connectivity index (χ0v) is 8.97. The molecule has 0 aromatic rings. The maximum Gasteiger partial charge on any atom is 0.00895 e. The molecule has 1 saturated carbocycles. The molecule has 0 aromatic heterocycles. The molecule has 13 heavy (non-hydrogen) atoms. The average Bonchev–Trinajstić information content (AvgIpc) is 2.54. The third kappa shape index (κ3) is 1.89. The maximum absolute atomic E-state index is 3.51. The summed E-state index contributed by atoms with van der Waals surface area (Å²) in [7, 11) is 4.44. The van der Waals surface area contributed by atoms with Crippen LogP contribution in [0.15, 0.2) is 0 Å². The third-order valence-corrected chi connectivity index (χ3v) is 4.08. The van der Waals surface area contributed by atoms with Gasteiger partial charge in [0.05, 0.1) is 0 Å². The Kier molecular flexibility index (Phi) is 2.61. The molecule has 1 aliphatic carbocycles. The molecule has 76 valence electrons. The van der Waals surface area contributed by atoms with Gasteiger partial charge in [0.2, 0.25) is 0 Å². The van der Waals surface area contributed by atoms with Crippen molar-refractivity contribution in [1.82, 2.24) is 10.2 Å². The van der Waals surface area contributed by atoms with E-state index in [2.05, 4.69) is 24.3 Å². The quantitative estimate of drug-likeness (QED) is 0.660. The summed E-state index contributed by atoms with van der Waals surface area (Å²) in [6, 6.07) is 0.853. The Hall–Kier alpha value is -0.0800. The molecule has 1 spiro atoms. The Morgan fingerprint density at radius 3 is 2.31 bits per heavy atom. The van der Waals surface area contributed by atoms with E-state index >= 15 is 0 Å². The molecule has 2 fully saturated rings. The Labute approximate surface area is 81.7 Å². The molecule has 2 rings (SSSR count). The highest BCUT2D eigenvalue weighted by atomic mass is 15.1. The summed E-state index contributed by atoms with van der Waals surface area (Å²) in [5, 5.41) is 3.51. The summed E-state index contributed by atoms with van der Waals surface area (Å²) in [4.78, 5) is 2.40. The molecule has 2 heteroatoms. The highest BCUT2D eigenvalue weighted by Crippen LogP contribution is 2.41. The fraction of sp³-hybridized carbons (Fsp3) is 1.00. The maximum atomic E-state index is 3.51. The van der Waals surface area contributed by atoms with Crippen LogP contribution in [0.25, 0.3) is 0 Å². The van der Waals surface area contributed by atoms with Crippen molar-refractivity contribution >= 4 is 0 Å². The van der Waals surface area contributed by atoms with Crippen LogP contribution >= 0.6 is 0 Å². The van der Waals surface area contributed by atoms with E-state index in [0.717, 1.165) is 6.04 Å². The second-order valence-corrected chi connectivity index (χ2v) is 5.12. The van der Waals surface area contributed by atoms with Gasteiger partial charge in [-0.15, -0.1) is 0 Å². The summed E-state index contributed by atoms with van der Waals surface area (Å²) < 4.78 is 0. The molecule has 0 radical (unpaired) electrons. The second-order valence-electron chi connectivity index (χ2n) is 5.12. The van der Waals surface area contributed by atoms with Crippen LogP contribution in [0.4, 0.5) is 0 Å². The van der Waals surface area contributed by atoms with E-state index in [1.54, 1.807) is 0 Å². The average molecular weight is 182 g/mol. The van der Waals surface area contributed by atoms with Gasteiger partial charge in [-0.25, -0.2) is 0 Å². The first-order valence-electron chi connectivity index (χ1n) is 5.59. The molecule has 0 atom stereocenters. The molecule has 2 aliphatic rings. The van der Waals surface area contributed by atoms with Crippen LogP contribution in [-0.4, -0.2) is 38.1 Å². The lowest BCUT2D eigenvalue weighted by molar-refractivity contribution is 0.133. The molecule has 1 aliphatic heterocycles. The number of rotatable bonds is 1. The van der Waals surface area contributed by atoms with Crippen molar-refractivity contribution in [3.8, 4) is 0 Å². The molecular weight excluding hydrogens is 160 g/mol. The van der Waals surface area contributed by atoms with Gasteiger partial charge < -0.3 is 10.2 Å². The van der Waals surface area contributed by atoms with Crippen LogP contribution in [0.3, 0.4) is 0 Å². The predicted molar refractivity (Wildman–Crippen MR) is 55.9 cm³/mol. The second kappa shape index (κ2) is 3.58. The fourth-order valence-electron chi connectivity index (χ4n) is 2.95. The van der Waals surface area contributed by atoms with Crippen LogP contribution in [-0.2, 0) is 0 Å². The van der Waals surface area contributed by atoms with E-state index in [1.165, 1.54) is 45.2 Å². The minimum absolute atomic E-state index is 0.701. The lowest BCUT2D eigenvalue weighted by Crippen LogP contribution is -2.37. The smallest absolute Gasteiger partial charge is 0.00895 e. The van der Waals surface area contributed by atoms with Crippen molar-refractivity contribution in [2.24, 2.45) is 5.41 Å². The van der Waals surface area contributed by atoms with Crippen molar-refractivity contribution in [2.75, 3.05) is 27.2 Å². The van der Waals surface area contributed by atoms with Gasteiger partial charge in [-0.2, -0.15) is 0 Å². The SMILES string of the molecule is CN(C)C1CCC2(CCNC2)CC1. The van der Waals surface area contributed by atoms with Gasteiger partial charge in [0.25, 0.3) is 0 Å². The first-order chi connectivity index (χ1) is 6.22. The molecule has 1 saturated heterocycles. The van der Waals surface area contributed by atoms with Gasteiger partial charge in [0.15, 0.2) is 0 Å². The van der Waals surface area contributed by atoms with Gasteiger partial charge in [0.1, 0.15) is 0 Å². The van der Waals surface area contributed by atoms with Crippen LogP contribution in [0, 0.1) is 5.41 Å². The van der Waals surface area contributed by atoms with Crippen LogP contribution in [0.2, 0.25) is 0 Å². The highest BCUT2D eigenvalue weighted by Gasteiger charge is 2.37. The van der Waals surface area contributed by atoms with Crippen molar-refractivity contribution in [1.29, 1.82) is 0 Å². The monoisotopic (exact) mass is 182 g/mol. The number of nitrogens with zero attached hydrogens (tertiary/aromatic N) is 1. The lowest BCUT2D eigenvalue weighted by Gasteiger charge is -2.39. The van der Waals surface area contributed by atoms with Crippen molar-refractivity contribution in [3.63, 3.8) is 0 Å². The Bertz CT molecular complexity index is 161. The molecule has 1 heterocycles. The molecule has 2 nitrogen and oxygen atoms in total. The summed E-state index contributed by atoms with van der Waals surface area (Å²) in [6.45, 7) is 2.54. The summed E-state index contributed by atoms with van der Waals surface area (Å²) in [6.07, 6.45) is 7.14. The van der Waals surface area contributed by atoms with Gasteiger partial charge in [0, 0.05) is 12.6 Å². The molecule has 0 unspecified atom stereocenters. The topological polar surface area (TPSA) is 15.3 Å². The zero-order chi connectivity index (χ0) is 9.31. The fourth-order valence-corrected chi connectivity index (χ4v) is 2.95. The van der Waals surface area contributed by atoms with Gasteiger partial charge >= 0.3 is 0 Å². The van der Waals surface area contributed by atoms with Gasteiger partial charge in [-0.3, -0.25) is 0 Å². The molecule has 0 aromatic carbocycles. The number of hydrogen-bond acceptors (Lipinski definition) is 2. The van der Waals surface area contributed by atoms with Crippen LogP contribution in [0.5, 0.6) is 0 Å². The lowest BCUT2D eigenvalue weighted by atomic mass is 9.72. The van der Waals surface area contributed by atoms with Crippen molar-refractivity contribution < 1.29 is 0 Å². The van der Waals surface area contributed by atoms with Crippen LogP contribution < -0.4 is 5.32 Å². The third-order valence-electron chi connectivity index (χ3n) is 4.08. The molecule has 0 amide bonds. The van der Waals surface area contributed by atoms with Crippen molar-refractivity contribution in [3.05, 3.63) is 0 Å². The van der Waals surface area contributed by atoms with Gasteiger partial charge in [-0.1, -0.05) is 0 Å².